The van der Waals surface area contributed by atoms with E-state index < -0.39 is 17.4 Å². The van der Waals surface area contributed by atoms with E-state index in [0.29, 0.717) is 11.5 Å². The normalized spacial score (nSPS) is 18.3. The summed E-state index contributed by atoms with van der Waals surface area (Å²) in [5.74, 6) is -0.594. The fourth-order valence-electron chi connectivity index (χ4n) is 2.63. The summed E-state index contributed by atoms with van der Waals surface area (Å²) in [7, 11) is 0. The molecule has 2 aromatic rings. The van der Waals surface area contributed by atoms with Gasteiger partial charge in [0.15, 0.2) is 0 Å². The molecule has 1 unspecified atom stereocenters. The summed E-state index contributed by atoms with van der Waals surface area (Å²) in [6, 6.07) is 7.19. The molecular weight excluding hydrogens is 359 g/mol. The molecule has 2 heterocycles. The van der Waals surface area contributed by atoms with Crippen LogP contribution in [0.2, 0.25) is 5.15 Å². The Balaban J connectivity index is 2.20. The van der Waals surface area contributed by atoms with E-state index in [2.05, 4.69) is 15.3 Å². The van der Waals surface area contributed by atoms with Crippen LogP contribution in [0.3, 0.4) is 0 Å². The maximum Gasteiger partial charge on any atom is 0.357 e. The van der Waals surface area contributed by atoms with Gasteiger partial charge >= 0.3 is 5.97 Å². The Morgan fingerprint density at radius 2 is 2.08 bits per heavy atom. The van der Waals surface area contributed by atoms with Crippen molar-refractivity contribution < 1.29 is 13.9 Å². The third-order valence-corrected chi connectivity index (χ3v) is 3.93. The minimum Gasteiger partial charge on any atom is -0.463 e. The van der Waals surface area contributed by atoms with Gasteiger partial charge in [0.1, 0.15) is 23.1 Å². The number of aromatic nitrogens is 2. The first-order valence-electron chi connectivity index (χ1n) is 7.89. The second kappa shape index (κ2) is 7.53. The highest BCUT2D eigenvalue weighted by atomic mass is 35.5. The molecular formula is C18H16ClFN4O2. The largest absolute Gasteiger partial charge is 0.463 e. The monoisotopic (exact) mass is 374 g/mol. The van der Waals surface area contributed by atoms with Crippen LogP contribution >= 0.6 is 11.6 Å². The number of anilines is 2. The zero-order chi connectivity index (χ0) is 18.6. The van der Waals surface area contributed by atoms with E-state index in [-0.39, 0.29) is 11.8 Å². The number of esters is 1. The Morgan fingerprint density at radius 3 is 2.69 bits per heavy atom. The van der Waals surface area contributed by atoms with Crippen LogP contribution in [0.1, 0.15) is 6.92 Å². The summed E-state index contributed by atoms with van der Waals surface area (Å²) in [5.41, 5.74) is -0.901. The lowest BCUT2D eigenvalue weighted by Crippen LogP contribution is -2.61. The number of halogens is 2. The molecule has 1 atom stereocenters. The summed E-state index contributed by atoms with van der Waals surface area (Å²) in [4.78, 5) is 22.6. The van der Waals surface area contributed by atoms with Gasteiger partial charge in [-0.15, -0.1) is 0 Å². The maximum atomic E-state index is 13.4. The fourth-order valence-corrected chi connectivity index (χ4v) is 2.77. The Bertz CT molecular complexity index is 857. The lowest BCUT2D eigenvalue weighted by atomic mass is 10.0. The Morgan fingerprint density at radius 1 is 1.31 bits per heavy atom. The molecule has 8 heteroatoms. The number of carbonyl (C=O) groups is 1. The highest BCUT2D eigenvalue weighted by Gasteiger charge is 2.45. The molecule has 1 aromatic carbocycles. The molecule has 0 aliphatic carbocycles. The van der Waals surface area contributed by atoms with Crippen LogP contribution in [0.5, 0.6) is 0 Å². The molecule has 3 rings (SSSR count). The molecule has 1 aliphatic heterocycles. The number of hydrogen-bond donors (Lipinski definition) is 1. The van der Waals surface area contributed by atoms with E-state index >= 15 is 0 Å². The lowest BCUT2D eigenvalue weighted by molar-refractivity contribution is -0.148. The number of allylic oxidation sites excluding steroid dienone is 2. The van der Waals surface area contributed by atoms with Crippen molar-refractivity contribution in [2.45, 2.75) is 12.6 Å². The highest BCUT2D eigenvalue weighted by molar-refractivity contribution is 6.29. The quantitative estimate of drug-likeness (QED) is 0.639. The second-order valence-corrected chi connectivity index (χ2v) is 5.75. The molecule has 0 radical (unpaired) electrons. The van der Waals surface area contributed by atoms with Crippen LogP contribution in [-0.2, 0) is 9.53 Å². The van der Waals surface area contributed by atoms with E-state index in [1.807, 2.05) is 0 Å². The zero-order valence-corrected chi connectivity index (χ0v) is 14.7. The number of hydrogen-bond acceptors (Lipinski definition) is 6. The molecule has 0 saturated carbocycles. The van der Waals surface area contributed by atoms with Gasteiger partial charge in [-0.05, 0) is 49.5 Å². The SMILES string of the molecule is CCOC(=O)C1(N(c2ccc(F)cc2)c2cc(Cl)ncn2)C=CC=CN1. The van der Waals surface area contributed by atoms with Crippen molar-refractivity contribution in [1.82, 2.24) is 15.3 Å². The highest BCUT2D eigenvalue weighted by Crippen LogP contribution is 2.34. The summed E-state index contributed by atoms with van der Waals surface area (Å²) < 4.78 is 18.7. The Labute approximate surface area is 155 Å². The summed E-state index contributed by atoms with van der Waals surface area (Å²) in [6.45, 7) is 1.92. The Kier molecular flexibility index (Phi) is 5.18. The first-order valence-corrected chi connectivity index (χ1v) is 8.27. The zero-order valence-electron chi connectivity index (χ0n) is 13.9. The summed E-state index contributed by atoms with van der Waals surface area (Å²) in [6.07, 6.45) is 8.01. The van der Waals surface area contributed by atoms with Gasteiger partial charge in [-0.25, -0.2) is 19.2 Å². The number of carbonyl (C=O) groups excluding carboxylic acids is 1. The van der Waals surface area contributed by atoms with Gasteiger partial charge in [0.2, 0.25) is 5.66 Å². The van der Waals surface area contributed by atoms with Gasteiger partial charge in [0.25, 0.3) is 0 Å². The van der Waals surface area contributed by atoms with Gasteiger partial charge in [0.05, 0.1) is 6.61 Å². The van der Waals surface area contributed by atoms with Crippen molar-refractivity contribution in [2.75, 3.05) is 11.5 Å². The fraction of sp³-hybridized carbons (Fsp3) is 0.167. The number of dihydropyridines is 1. The van der Waals surface area contributed by atoms with Crippen LogP contribution in [0, 0.1) is 5.82 Å². The van der Waals surface area contributed by atoms with Gasteiger partial charge in [-0.2, -0.15) is 0 Å². The number of nitrogens with zero attached hydrogens (tertiary/aromatic N) is 3. The smallest absolute Gasteiger partial charge is 0.357 e. The minimum absolute atomic E-state index is 0.196. The van der Waals surface area contributed by atoms with Crippen molar-refractivity contribution in [1.29, 1.82) is 0 Å². The third kappa shape index (κ3) is 3.39. The molecule has 1 aliphatic rings. The molecule has 0 bridgehead atoms. The Hall–Kier alpha value is -2.93. The van der Waals surface area contributed by atoms with E-state index in [9.17, 15) is 9.18 Å². The van der Waals surface area contributed by atoms with Crippen molar-refractivity contribution in [2.24, 2.45) is 0 Å². The van der Waals surface area contributed by atoms with E-state index in [1.54, 1.807) is 48.4 Å². The van der Waals surface area contributed by atoms with Crippen LogP contribution in [0.25, 0.3) is 0 Å². The van der Waals surface area contributed by atoms with Crippen molar-refractivity contribution in [3.8, 4) is 0 Å². The van der Waals surface area contributed by atoms with Gasteiger partial charge < -0.3 is 10.1 Å². The maximum absolute atomic E-state index is 13.4. The molecule has 0 spiro atoms. The molecule has 1 aromatic heterocycles. The van der Waals surface area contributed by atoms with E-state index in [4.69, 9.17) is 16.3 Å². The van der Waals surface area contributed by atoms with E-state index in [1.165, 1.54) is 24.5 Å². The number of rotatable bonds is 5. The average molecular weight is 375 g/mol. The van der Waals surface area contributed by atoms with Crippen molar-refractivity contribution in [3.63, 3.8) is 0 Å². The molecule has 6 nitrogen and oxygen atoms in total. The molecule has 1 N–H and O–H groups in total. The van der Waals surface area contributed by atoms with Crippen LogP contribution in [-0.4, -0.2) is 28.2 Å². The minimum atomic E-state index is -1.42. The predicted molar refractivity (Wildman–Crippen MR) is 96.4 cm³/mol. The van der Waals surface area contributed by atoms with Crippen molar-refractivity contribution >= 4 is 29.1 Å². The molecule has 134 valence electrons. The van der Waals surface area contributed by atoms with Gasteiger partial charge in [-0.1, -0.05) is 17.7 Å². The number of ether oxygens (including phenoxy) is 1. The summed E-state index contributed by atoms with van der Waals surface area (Å²) >= 11 is 6.02. The molecule has 0 fully saturated rings. The van der Waals surface area contributed by atoms with Gasteiger partial charge in [0, 0.05) is 11.8 Å². The standard InChI is InChI=1S/C18H16ClFN4O2/c1-2-26-17(25)18(9-3-4-10-23-18)24(14-7-5-13(20)6-8-14)16-11-15(19)21-12-22-16/h3-12,23H,2H2,1H3. The van der Waals surface area contributed by atoms with Gasteiger partial charge in [-0.3, -0.25) is 4.90 Å². The van der Waals surface area contributed by atoms with Crippen molar-refractivity contribution in [3.05, 3.63) is 72.1 Å². The molecule has 0 saturated heterocycles. The van der Waals surface area contributed by atoms with E-state index in [0.717, 1.165) is 0 Å². The second-order valence-electron chi connectivity index (χ2n) is 5.36. The third-order valence-electron chi connectivity index (χ3n) is 3.72. The first-order chi connectivity index (χ1) is 12.6. The van der Waals surface area contributed by atoms with Crippen LogP contribution < -0.4 is 10.2 Å². The predicted octanol–water partition coefficient (Wildman–Crippen LogP) is 3.34. The van der Waals surface area contributed by atoms with Crippen LogP contribution in [0.15, 0.2) is 61.1 Å². The lowest BCUT2D eigenvalue weighted by Gasteiger charge is -2.41. The molecule has 26 heavy (non-hydrogen) atoms. The summed E-state index contributed by atoms with van der Waals surface area (Å²) in [5, 5.41) is 3.24. The average Bonchev–Trinajstić information content (AvgIpc) is 2.65. The topological polar surface area (TPSA) is 67.3 Å². The number of benzene rings is 1. The number of nitrogens with one attached hydrogen (secondary N) is 1. The molecule has 0 amide bonds. The first kappa shape index (κ1) is 17.9. The van der Waals surface area contributed by atoms with Crippen LogP contribution in [0.4, 0.5) is 15.9 Å².